The number of aromatic nitrogens is 1. The molecule has 1 aromatic rings. The average molecular weight is 239 g/mol. The van der Waals surface area contributed by atoms with E-state index in [0.29, 0.717) is 10.9 Å². The Morgan fingerprint density at radius 3 is 3.25 bits per heavy atom. The van der Waals surface area contributed by atoms with Crippen molar-refractivity contribution >= 4 is 17.4 Å². The average Bonchev–Trinajstić information content (AvgIpc) is 2.79. The fourth-order valence-corrected chi connectivity index (χ4v) is 2.79. The number of thioether (sulfide) groups is 1. The minimum Gasteiger partial charge on any atom is -0.316 e. The van der Waals surface area contributed by atoms with Crippen molar-refractivity contribution in [2.24, 2.45) is 5.92 Å². The van der Waals surface area contributed by atoms with Gasteiger partial charge in [0, 0.05) is 18.0 Å². The summed E-state index contributed by atoms with van der Waals surface area (Å²) < 4.78 is 0. The van der Waals surface area contributed by atoms with E-state index in [4.69, 9.17) is 0 Å². The molecule has 0 spiro atoms. The third-order valence-corrected chi connectivity index (χ3v) is 3.79. The maximum Gasteiger partial charge on any atom is 0.301 e. The predicted octanol–water partition coefficient (Wildman–Crippen LogP) is 1.69. The van der Waals surface area contributed by atoms with Gasteiger partial charge in [-0.15, -0.1) is 0 Å². The van der Waals surface area contributed by atoms with Gasteiger partial charge < -0.3 is 5.32 Å². The molecule has 1 N–H and O–H groups in total. The molecule has 0 radical (unpaired) electrons. The first-order chi connectivity index (χ1) is 7.77. The van der Waals surface area contributed by atoms with Crippen molar-refractivity contribution in [2.45, 2.75) is 11.4 Å². The minimum absolute atomic E-state index is 0.110. The first kappa shape index (κ1) is 11.3. The molecule has 0 bridgehead atoms. The van der Waals surface area contributed by atoms with E-state index in [1.165, 1.54) is 17.8 Å². The van der Waals surface area contributed by atoms with Crippen molar-refractivity contribution in [3.05, 3.63) is 28.4 Å². The van der Waals surface area contributed by atoms with E-state index in [0.717, 1.165) is 25.3 Å². The molecule has 6 heteroatoms. The van der Waals surface area contributed by atoms with Crippen LogP contribution in [0.25, 0.3) is 0 Å². The van der Waals surface area contributed by atoms with Crippen LogP contribution >= 0.6 is 11.8 Å². The largest absolute Gasteiger partial charge is 0.316 e. The zero-order valence-electron chi connectivity index (χ0n) is 8.76. The molecule has 2 rings (SSSR count). The lowest BCUT2D eigenvalue weighted by atomic mass is 10.2. The van der Waals surface area contributed by atoms with Gasteiger partial charge in [0.05, 0.1) is 4.92 Å². The van der Waals surface area contributed by atoms with Crippen molar-refractivity contribution < 1.29 is 4.92 Å². The highest BCUT2D eigenvalue weighted by Crippen LogP contribution is 2.28. The quantitative estimate of drug-likeness (QED) is 0.492. The summed E-state index contributed by atoms with van der Waals surface area (Å²) in [5, 5.41) is 14.6. The van der Waals surface area contributed by atoms with Gasteiger partial charge in [0.25, 0.3) is 0 Å². The lowest BCUT2D eigenvalue weighted by Crippen LogP contribution is -2.10. The first-order valence-electron chi connectivity index (χ1n) is 5.20. The van der Waals surface area contributed by atoms with Crippen molar-refractivity contribution in [3.63, 3.8) is 0 Å². The topological polar surface area (TPSA) is 68.1 Å². The van der Waals surface area contributed by atoms with Crippen molar-refractivity contribution in [1.82, 2.24) is 10.3 Å². The fraction of sp³-hybridized carbons (Fsp3) is 0.500. The Labute approximate surface area is 97.8 Å². The van der Waals surface area contributed by atoms with Crippen molar-refractivity contribution in [2.75, 3.05) is 18.8 Å². The first-order valence-corrected chi connectivity index (χ1v) is 6.19. The summed E-state index contributed by atoms with van der Waals surface area (Å²) in [6.07, 6.45) is 2.75. The van der Waals surface area contributed by atoms with Crippen LogP contribution in [0.5, 0.6) is 0 Å². The third-order valence-electron chi connectivity index (χ3n) is 2.57. The zero-order valence-corrected chi connectivity index (χ0v) is 9.57. The van der Waals surface area contributed by atoms with E-state index >= 15 is 0 Å². The molecule has 1 aliphatic heterocycles. The van der Waals surface area contributed by atoms with Gasteiger partial charge in [-0.25, -0.2) is 4.98 Å². The number of nitro groups is 1. The molecule has 1 saturated heterocycles. The Balaban J connectivity index is 2.00. The van der Waals surface area contributed by atoms with Gasteiger partial charge in [0.15, 0.2) is 5.03 Å². The molecule has 5 nitrogen and oxygen atoms in total. The van der Waals surface area contributed by atoms with E-state index in [9.17, 15) is 10.1 Å². The van der Waals surface area contributed by atoms with Crippen LogP contribution in [0, 0.1) is 16.0 Å². The number of nitrogens with zero attached hydrogens (tertiary/aromatic N) is 2. The SMILES string of the molecule is O=[N+]([O-])c1cccnc1SC[C@H]1CCNC1. The van der Waals surface area contributed by atoms with Gasteiger partial charge in [-0.1, -0.05) is 11.8 Å². The standard InChI is InChI=1S/C10H13N3O2S/c14-13(15)9-2-1-4-12-10(9)16-7-8-3-5-11-6-8/h1-2,4,8,11H,3,5-7H2/t8-/m0/s1. The van der Waals surface area contributed by atoms with E-state index in [2.05, 4.69) is 10.3 Å². The summed E-state index contributed by atoms with van der Waals surface area (Å²) in [6, 6.07) is 3.10. The maximum atomic E-state index is 10.8. The normalized spacial score (nSPS) is 19.9. The molecule has 2 heterocycles. The highest BCUT2D eigenvalue weighted by Gasteiger charge is 2.19. The Hall–Kier alpha value is -1.14. The molecule has 0 amide bonds. The van der Waals surface area contributed by atoms with E-state index in [1.807, 2.05) is 0 Å². The monoisotopic (exact) mass is 239 g/mol. The number of pyridine rings is 1. The summed E-state index contributed by atoms with van der Waals surface area (Å²) in [5.41, 5.74) is 0.110. The minimum atomic E-state index is -0.373. The van der Waals surface area contributed by atoms with E-state index in [1.54, 1.807) is 12.3 Å². The molecular weight excluding hydrogens is 226 g/mol. The number of hydrogen-bond acceptors (Lipinski definition) is 5. The van der Waals surface area contributed by atoms with Gasteiger partial charge in [0.1, 0.15) is 0 Å². The molecule has 0 saturated carbocycles. The molecule has 86 valence electrons. The van der Waals surface area contributed by atoms with Crippen LogP contribution in [0.2, 0.25) is 0 Å². The predicted molar refractivity (Wildman–Crippen MR) is 62.6 cm³/mol. The Kier molecular flexibility index (Phi) is 3.74. The van der Waals surface area contributed by atoms with Crippen LogP contribution in [-0.4, -0.2) is 28.7 Å². The molecule has 1 fully saturated rings. The Morgan fingerprint density at radius 1 is 1.69 bits per heavy atom. The van der Waals surface area contributed by atoms with Crippen LogP contribution in [-0.2, 0) is 0 Å². The van der Waals surface area contributed by atoms with Crippen LogP contribution < -0.4 is 5.32 Å². The number of nitrogens with one attached hydrogen (secondary N) is 1. The van der Waals surface area contributed by atoms with Crippen molar-refractivity contribution in [1.29, 1.82) is 0 Å². The van der Waals surface area contributed by atoms with E-state index in [-0.39, 0.29) is 10.6 Å². The third kappa shape index (κ3) is 2.70. The molecule has 0 unspecified atom stereocenters. The zero-order chi connectivity index (χ0) is 11.4. The molecular formula is C10H13N3O2S. The van der Waals surface area contributed by atoms with Gasteiger partial charge in [-0.3, -0.25) is 10.1 Å². The van der Waals surface area contributed by atoms with Crippen LogP contribution in [0.4, 0.5) is 5.69 Å². The van der Waals surface area contributed by atoms with Gasteiger partial charge in [-0.05, 0) is 31.5 Å². The van der Waals surface area contributed by atoms with Crippen molar-refractivity contribution in [3.8, 4) is 0 Å². The lowest BCUT2D eigenvalue weighted by Gasteiger charge is -2.06. The maximum absolute atomic E-state index is 10.8. The Bertz CT molecular complexity index is 380. The summed E-state index contributed by atoms with van der Waals surface area (Å²) in [4.78, 5) is 14.4. The molecule has 0 aromatic carbocycles. The molecule has 0 aliphatic carbocycles. The lowest BCUT2D eigenvalue weighted by molar-refractivity contribution is -0.388. The summed E-state index contributed by atoms with van der Waals surface area (Å²) in [7, 11) is 0. The highest BCUT2D eigenvalue weighted by atomic mass is 32.2. The van der Waals surface area contributed by atoms with Gasteiger partial charge in [0.2, 0.25) is 0 Å². The molecule has 1 atom stereocenters. The summed E-state index contributed by atoms with van der Waals surface area (Å²) >= 11 is 1.48. The smallest absolute Gasteiger partial charge is 0.301 e. The van der Waals surface area contributed by atoms with E-state index < -0.39 is 0 Å². The van der Waals surface area contributed by atoms with Gasteiger partial charge in [-0.2, -0.15) is 0 Å². The molecule has 1 aliphatic rings. The van der Waals surface area contributed by atoms with Crippen LogP contribution in [0.15, 0.2) is 23.4 Å². The second-order valence-electron chi connectivity index (χ2n) is 3.75. The number of rotatable bonds is 4. The molecule has 1 aromatic heterocycles. The fourth-order valence-electron chi connectivity index (χ4n) is 1.69. The Morgan fingerprint density at radius 2 is 2.56 bits per heavy atom. The summed E-state index contributed by atoms with van der Waals surface area (Å²) in [5.74, 6) is 1.50. The number of hydrogen-bond donors (Lipinski definition) is 1. The van der Waals surface area contributed by atoms with Gasteiger partial charge >= 0.3 is 5.69 Å². The van der Waals surface area contributed by atoms with Crippen LogP contribution in [0.1, 0.15) is 6.42 Å². The second-order valence-corrected chi connectivity index (χ2v) is 4.76. The molecule has 16 heavy (non-hydrogen) atoms. The highest BCUT2D eigenvalue weighted by molar-refractivity contribution is 7.99. The summed E-state index contributed by atoms with van der Waals surface area (Å²) in [6.45, 7) is 2.06. The van der Waals surface area contributed by atoms with Crippen LogP contribution in [0.3, 0.4) is 0 Å². The second kappa shape index (κ2) is 5.27.